The molecule has 0 radical (unpaired) electrons. The Kier molecular flexibility index (Phi) is 7.35. The van der Waals surface area contributed by atoms with Crippen molar-refractivity contribution in [2.75, 3.05) is 18.1 Å². The lowest BCUT2D eigenvalue weighted by Crippen LogP contribution is -2.60. The Morgan fingerprint density at radius 1 is 1.40 bits per heavy atom. The first-order valence-electron chi connectivity index (χ1n) is 11.8. The summed E-state index contributed by atoms with van der Waals surface area (Å²) in [7, 11) is 0. The summed E-state index contributed by atoms with van der Waals surface area (Å²) in [5.74, 6) is -4.21. The zero-order chi connectivity index (χ0) is 25.7. The maximum Gasteiger partial charge on any atom is 0.310 e. The van der Waals surface area contributed by atoms with Gasteiger partial charge in [-0.2, -0.15) is 0 Å². The molecule has 0 aromatic heterocycles. The second-order valence-corrected chi connectivity index (χ2v) is 11.2. The standard InChI is InChI=1S/C25H30BrClN2O6/c1-4-10-28(15-8-6-14(27)7-9-15)23(32)21-25-11-16(26)20(35-25)18(24(33)34)19(25)22(31)29(21)17(12-30)13(3)5-2/h4,6-9,13,16-21,30H,1,5,10-12H2,2-3H3,(H,33,34)/t13-,16?,17-,18+,19-,20+,21+,25-/m0/s1. The van der Waals surface area contributed by atoms with E-state index in [1.165, 1.54) is 9.80 Å². The fraction of sp³-hybridized carbons (Fsp3) is 0.560. The molecule has 2 N–H and O–H groups in total. The Morgan fingerprint density at radius 3 is 2.60 bits per heavy atom. The summed E-state index contributed by atoms with van der Waals surface area (Å²) in [6.45, 7) is 7.44. The van der Waals surface area contributed by atoms with E-state index in [0.29, 0.717) is 23.6 Å². The van der Waals surface area contributed by atoms with Crippen LogP contribution in [-0.4, -0.2) is 74.7 Å². The third-order valence-corrected chi connectivity index (χ3v) is 8.90. The molecule has 4 rings (SSSR count). The van der Waals surface area contributed by atoms with Gasteiger partial charge in [-0.3, -0.25) is 14.4 Å². The van der Waals surface area contributed by atoms with Crippen LogP contribution in [0, 0.1) is 17.8 Å². The van der Waals surface area contributed by atoms with E-state index in [1.807, 2.05) is 13.8 Å². The van der Waals surface area contributed by atoms with Crippen molar-refractivity contribution in [3.05, 3.63) is 41.9 Å². The van der Waals surface area contributed by atoms with E-state index in [-0.39, 0.29) is 23.9 Å². The molecule has 3 fully saturated rings. The van der Waals surface area contributed by atoms with Gasteiger partial charge < -0.3 is 24.7 Å². The minimum Gasteiger partial charge on any atom is -0.481 e. The fourth-order valence-corrected chi connectivity index (χ4v) is 7.09. The molecule has 1 spiro atoms. The van der Waals surface area contributed by atoms with Crippen molar-refractivity contribution in [2.24, 2.45) is 17.8 Å². The largest absolute Gasteiger partial charge is 0.481 e. The summed E-state index contributed by atoms with van der Waals surface area (Å²) < 4.78 is 6.33. The molecule has 0 saturated carbocycles. The summed E-state index contributed by atoms with van der Waals surface area (Å²) in [6.07, 6.45) is 1.83. The number of anilines is 1. The van der Waals surface area contributed by atoms with Gasteiger partial charge in [-0.25, -0.2) is 0 Å². The van der Waals surface area contributed by atoms with Crippen molar-refractivity contribution in [3.8, 4) is 0 Å². The Hall–Kier alpha value is -1.94. The average Bonchev–Trinajstić information content (AvgIpc) is 3.42. The number of benzene rings is 1. The van der Waals surface area contributed by atoms with Crippen LogP contribution in [0.3, 0.4) is 0 Å². The maximum atomic E-state index is 14.3. The molecule has 190 valence electrons. The van der Waals surface area contributed by atoms with Gasteiger partial charge in [0.05, 0.1) is 30.6 Å². The van der Waals surface area contributed by atoms with Crippen molar-refractivity contribution in [2.45, 2.75) is 55.3 Å². The SMILES string of the molecule is C=CCN(C(=O)[C@H]1N([C@@H](CO)[C@@H](C)CC)C(=O)[C@@H]2[C@@H](C(=O)O)[C@@H]3O[C@@]21CC3Br)c1ccc(Cl)cc1. The smallest absolute Gasteiger partial charge is 0.310 e. The van der Waals surface area contributed by atoms with Gasteiger partial charge in [-0.15, -0.1) is 6.58 Å². The van der Waals surface area contributed by atoms with Crippen LogP contribution in [0.5, 0.6) is 0 Å². The van der Waals surface area contributed by atoms with Crippen molar-refractivity contribution in [1.82, 2.24) is 4.90 Å². The molecular weight excluding hydrogens is 540 g/mol. The van der Waals surface area contributed by atoms with Gasteiger partial charge in [0.25, 0.3) is 5.91 Å². The summed E-state index contributed by atoms with van der Waals surface area (Å²) in [5.41, 5.74) is -0.753. The van der Waals surface area contributed by atoms with Crippen molar-refractivity contribution in [1.29, 1.82) is 0 Å². The number of aliphatic carboxylic acids is 1. The highest BCUT2D eigenvalue weighted by Crippen LogP contribution is 2.60. The van der Waals surface area contributed by atoms with E-state index < -0.39 is 53.4 Å². The van der Waals surface area contributed by atoms with E-state index in [9.17, 15) is 24.6 Å². The van der Waals surface area contributed by atoms with E-state index in [2.05, 4.69) is 22.5 Å². The van der Waals surface area contributed by atoms with Gasteiger partial charge in [0.15, 0.2) is 0 Å². The van der Waals surface area contributed by atoms with Crippen molar-refractivity contribution in [3.63, 3.8) is 0 Å². The number of nitrogens with zero attached hydrogens (tertiary/aromatic N) is 2. The second-order valence-electron chi connectivity index (χ2n) is 9.60. The molecule has 1 aromatic rings. The van der Waals surface area contributed by atoms with Crippen LogP contribution >= 0.6 is 27.5 Å². The Balaban J connectivity index is 1.86. The average molecular weight is 570 g/mol. The minimum absolute atomic E-state index is 0.127. The molecule has 2 amide bonds. The molecule has 10 heteroatoms. The first-order chi connectivity index (χ1) is 16.6. The molecule has 8 atom stereocenters. The molecule has 3 saturated heterocycles. The van der Waals surface area contributed by atoms with Gasteiger partial charge in [0.1, 0.15) is 11.6 Å². The normalized spacial score (nSPS) is 32.9. The number of halogens is 2. The van der Waals surface area contributed by atoms with Crippen LogP contribution in [0.1, 0.15) is 26.7 Å². The molecule has 2 bridgehead atoms. The van der Waals surface area contributed by atoms with Crippen LogP contribution in [0.25, 0.3) is 0 Å². The number of carboxylic acids is 1. The van der Waals surface area contributed by atoms with E-state index in [1.54, 1.807) is 30.3 Å². The van der Waals surface area contributed by atoms with Gasteiger partial charge >= 0.3 is 5.97 Å². The van der Waals surface area contributed by atoms with Crippen LogP contribution in [-0.2, 0) is 19.1 Å². The Bertz CT molecular complexity index is 1020. The highest BCUT2D eigenvalue weighted by Gasteiger charge is 2.77. The monoisotopic (exact) mass is 568 g/mol. The third-order valence-electron chi connectivity index (χ3n) is 7.81. The molecular formula is C25H30BrClN2O6. The van der Waals surface area contributed by atoms with Crippen LogP contribution in [0.15, 0.2) is 36.9 Å². The number of alkyl halides is 1. The summed E-state index contributed by atoms with van der Waals surface area (Å²) in [4.78, 5) is 43.2. The van der Waals surface area contributed by atoms with Gasteiger partial charge in [0, 0.05) is 22.1 Å². The summed E-state index contributed by atoms with van der Waals surface area (Å²) >= 11 is 9.60. The Morgan fingerprint density at radius 2 is 2.06 bits per heavy atom. The predicted molar refractivity (Wildman–Crippen MR) is 135 cm³/mol. The van der Waals surface area contributed by atoms with Crippen LogP contribution in [0.2, 0.25) is 5.02 Å². The number of carbonyl (C=O) groups is 3. The first-order valence-corrected chi connectivity index (χ1v) is 13.1. The molecule has 3 aliphatic heterocycles. The lowest BCUT2D eigenvalue weighted by molar-refractivity contribution is -0.151. The highest BCUT2D eigenvalue weighted by atomic mass is 79.9. The van der Waals surface area contributed by atoms with Crippen molar-refractivity contribution >= 4 is 51.0 Å². The number of ether oxygens (including phenoxy) is 1. The Labute approximate surface area is 218 Å². The number of carbonyl (C=O) groups excluding carboxylic acids is 2. The lowest BCUT2D eigenvalue weighted by Gasteiger charge is -2.41. The van der Waals surface area contributed by atoms with Crippen LogP contribution in [0.4, 0.5) is 5.69 Å². The number of fused-ring (bicyclic) bond motifs is 1. The molecule has 3 aliphatic rings. The number of carboxylic acid groups (broad SMARTS) is 1. The maximum absolute atomic E-state index is 14.3. The molecule has 1 aromatic carbocycles. The molecule has 35 heavy (non-hydrogen) atoms. The first kappa shape index (κ1) is 26.1. The quantitative estimate of drug-likeness (QED) is 0.350. The van der Waals surface area contributed by atoms with Gasteiger partial charge in [-0.1, -0.05) is 53.9 Å². The van der Waals surface area contributed by atoms with Gasteiger partial charge in [0.2, 0.25) is 5.91 Å². The minimum atomic E-state index is -1.32. The van der Waals surface area contributed by atoms with E-state index in [4.69, 9.17) is 16.3 Å². The summed E-state index contributed by atoms with van der Waals surface area (Å²) in [5, 5.41) is 20.9. The summed E-state index contributed by atoms with van der Waals surface area (Å²) in [6, 6.07) is 4.98. The fourth-order valence-electron chi connectivity index (χ4n) is 6.02. The lowest BCUT2D eigenvalue weighted by atomic mass is 9.70. The number of rotatable bonds is 9. The zero-order valence-electron chi connectivity index (χ0n) is 19.6. The number of likely N-dealkylation sites (tertiary alicyclic amines) is 1. The molecule has 3 heterocycles. The number of aliphatic hydroxyl groups excluding tert-OH is 1. The number of hydrogen-bond donors (Lipinski definition) is 2. The number of hydrogen-bond acceptors (Lipinski definition) is 5. The topological polar surface area (TPSA) is 107 Å². The van der Waals surface area contributed by atoms with Gasteiger partial charge in [-0.05, 0) is 36.6 Å². The molecule has 8 nitrogen and oxygen atoms in total. The van der Waals surface area contributed by atoms with E-state index >= 15 is 0 Å². The molecule has 1 unspecified atom stereocenters. The number of aliphatic hydroxyl groups is 1. The molecule has 0 aliphatic carbocycles. The highest BCUT2D eigenvalue weighted by molar-refractivity contribution is 9.09. The predicted octanol–water partition coefficient (Wildman–Crippen LogP) is 3.10. The third kappa shape index (κ3) is 4.00. The van der Waals surface area contributed by atoms with Crippen LogP contribution < -0.4 is 4.90 Å². The van der Waals surface area contributed by atoms with Crippen molar-refractivity contribution < 1.29 is 29.3 Å². The number of amides is 2. The second kappa shape index (κ2) is 9.84. The van der Waals surface area contributed by atoms with E-state index in [0.717, 1.165) is 0 Å². The zero-order valence-corrected chi connectivity index (χ0v) is 22.0.